The fourth-order valence-electron chi connectivity index (χ4n) is 4.07. The molecule has 1 aromatic heterocycles. The number of carbonyl (C=O) groups excluding carboxylic acids is 1. The highest BCUT2D eigenvalue weighted by Crippen LogP contribution is 2.38. The molecule has 5 N–H and O–H groups in total. The lowest BCUT2D eigenvalue weighted by Crippen LogP contribution is -2.22. The molecule has 2 amide bonds. The number of benzene rings is 1. The highest BCUT2D eigenvalue weighted by atomic mass is 16.3. The van der Waals surface area contributed by atoms with Crippen molar-refractivity contribution in [3.05, 3.63) is 52.3 Å². The normalized spacial score (nSPS) is 14.6. The molecule has 0 atom stereocenters. The Labute approximate surface area is 166 Å². The third kappa shape index (κ3) is 4.18. The van der Waals surface area contributed by atoms with Crippen LogP contribution in [0.1, 0.15) is 54.6 Å². The highest BCUT2D eigenvalue weighted by molar-refractivity contribution is 6.01. The zero-order valence-electron chi connectivity index (χ0n) is 16.9. The van der Waals surface area contributed by atoms with Crippen molar-refractivity contribution in [3.8, 4) is 0 Å². The van der Waals surface area contributed by atoms with E-state index in [0.29, 0.717) is 11.4 Å². The maximum atomic E-state index is 12.6. The number of aromatic nitrogens is 1. The third-order valence-electron chi connectivity index (χ3n) is 5.36. The van der Waals surface area contributed by atoms with Gasteiger partial charge >= 0.3 is 6.03 Å². The summed E-state index contributed by atoms with van der Waals surface area (Å²) in [6, 6.07) is 5.61. The first-order valence-corrected chi connectivity index (χ1v) is 9.93. The van der Waals surface area contributed by atoms with Crippen molar-refractivity contribution < 1.29 is 9.90 Å². The SMILES string of the molecule is CC(C)(O)c1ccc(NC(=O)Nc2c3c(cc4c2CCC4)CCC3)cn1.CN. The van der Waals surface area contributed by atoms with Gasteiger partial charge in [-0.05, 0) is 93.8 Å². The number of fused-ring (bicyclic) bond motifs is 2. The Bertz CT molecular complexity index is 822. The van der Waals surface area contributed by atoms with Crippen molar-refractivity contribution in [2.45, 2.75) is 58.0 Å². The van der Waals surface area contributed by atoms with Crippen LogP contribution >= 0.6 is 0 Å². The van der Waals surface area contributed by atoms with Crippen LogP contribution in [0.2, 0.25) is 0 Å². The Morgan fingerprint density at radius 2 is 1.64 bits per heavy atom. The summed E-state index contributed by atoms with van der Waals surface area (Å²) in [5.74, 6) is 0. The van der Waals surface area contributed by atoms with Gasteiger partial charge in [0.25, 0.3) is 0 Å². The molecule has 0 saturated heterocycles. The number of nitrogens with one attached hydrogen (secondary N) is 2. The Kier molecular flexibility index (Phi) is 6.01. The second-order valence-electron chi connectivity index (χ2n) is 7.80. The number of amides is 2. The van der Waals surface area contributed by atoms with Gasteiger partial charge < -0.3 is 21.5 Å². The molecule has 28 heavy (non-hydrogen) atoms. The van der Waals surface area contributed by atoms with Gasteiger partial charge in [0.2, 0.25) is 0 Å². The lowest BCUT2D eigenvalue weighted by molar-refractivity contribution is 0.0739. The Morgan fingerprint density at radius 1 is 1.04 bits per heavy atom. The van der Waals surface area contributed by atoms with Crippen LogP contribution in [-0.2, 0) is 31.3 Å². The number of pyridine rings is 1. The summed E-state index contributed by atoms with van der Waals surface area (Å²) in [5.41, 5.74) is 11.2. The molecule has 2 aromatic rings. The zero-order chi connectivity index (χ0) is 20.3. The molecule has 1 aromatic carbocycles. The van der Waals surface area contributed by atoms with E-state index < -0.39 is 5.60 Å². The fraction of sp³-hybridized carbons (Fsp3) is 0.455. The number of hydrogen-bond acceptors (Lipinski definition) is 4. The van der Waals surface area contributed by atoms with Gasteiger partial charge in [-0.25, -0.2) is 4.79 Å². The van der Waals surface area contributed by atoms with Crippen molar-refractivity contribution in [1.82, 2.24) is 4.98 Å². The van der Waals surface area contributed by atoms with E-state index in [1.165, 1.54) is 29.3 Å². The van der Waals surface area contributed by atoms with Crippen molar-refractivity contribution in [1.29, 1.82) is 0 Å². The van der Waals surface area contributed by atoms with Crippen LogP contribution in [0.3, 0.4) is 0 Å². The number of nitrogens with zero attached hydrogens (tertiary/aromatic N) is 1. The summed E-state index contributed by atoms with van der Waals surface area (Å²) in [6.45, 7) is 3.37. The second kappa shape index (κ2) is 8.29. The van der Waals surface area contributed by atoms with E-state index in [1.807, 2.05) is 0 Å². The molecule has 6 heteroatoms. The van der Waals surface area contributed by atoms with Crippen LogP contribution in [0.25, 0.3) is 0 Å². The van der Waals surface area contributed by atoms with Crippen molar-refractivity contribution in [2.24, 2.45) is 5.73 Å². The van der Waals surface area contributed by atoms with E-state index in [4.69, 9.17) is 0 Å². The standard InChI is InChI=1S/C21H25N3O2.CH5N/c1-21(2,26)18-10-9-15(12-22-18)23-20(25)24-19-16-7-3-5-13(16)11-14-6-4-8-17(14)19;1-2/h9-12,26H,3-8H2,1-2H3,(H2,23,24,25);2H2,1H3. The van der Waals surface area contributed by atoms with Crippen LogP contribution in [0, 0.1) is 0 Å². The molecule has 0 bridgehead atoms. The van der Waals surface area contributed by atoms with Crippen LogP contribution in [0.4, 0.5) is 16.2 Å². The third-order valence-corrected chi connectivity index (χ3v) is 5.36. The van der Waals surface area contributed by atoms with Gasteiger partial charge in [0.05, 0.1) is 17.6 Å². The number of anilines is 2. The van der Waals surface area contributed by atoms with E-state index in [1.54, 1.807) is 32.2 Å². The second-order valence-corrected chi connectivity index (χ2v) is 7.80. The summed E-state index contributed by atoms with van der Waals surface area (Å²) in [5, 5.41) is 15.9. The van der Waals surface area contributed by atoms with Gasteiger partial charge in [0, 0.05) is 5.69 Å². The summed E-state index contributed by atoms with van der Waals surface area (Å²) in [6.07, 6.45) is 8.21. The zero-order valence-corrected chi connectivity index (χ0v) is 16.9. The molecule has 4 rings (SSSR count). The largest absolute Gasteiger partial charge is 0.384 e. The average Bonchev–Trinajstić information content (AvgIpc) is 3.32. The van der Waals surface area contributed by atoms with Crippen molar-refractivity contribution >= 4 is 17.4 Å². The number of aryl methyl sites for hydroxylation is 2. The number of urea groups is 1. The van der Waals surface area contributed by atoms with Gasteiger partial charge in [-0.2, -0.15) is 0 Å². The summed E-state index contributed by atoms with van der Waals surface area (Å²) in [7, 11) is 1.50. The monoisotopic (exact) mass is 382 g/mol. The molecule has 150 valence electrons. The average molecular weight is 383 g/mol. The minimum absolute atomic E-state index is 0.239. The molecule has 0 spiro atoms. The minimum atomic E-state index is -0.994. The van der Waals surface area contributed by atoms with Crippen molar-refractivity contribution in [3.63, 3.8) is 0 Å². The first-order chi connectivity index (χ1) is 13.4. The van der Waals surface area contributed by atoms with Gasteiger partial charge in [-0.1, -0.05) is 6.07 Å². The molecule has 1 heterocycles. The summed E-state index contributed by atoms with van der Waals surface area (Å²) in [4.78, 5) is 16.8. The van der Waals surface area contributed by atoms with Gasteiger partial charge in [0.1, 0.15) is 5.60 Å². The topological polar surface area (TPSA) is 100 Å². The summed E-state index contributed by atoms with van der Waals surface area (Å²) >= 11 is 0. The van der Waals surface area contributed by atoms with Gasteiger partial charge in [0.15, 0.2) is 0 Å². The molecule has 0 saturated carbocycles. The number of hydrogen-bond donors (Lipinski definition) is 4. The van der Waals surface area contributed by atoms with E-state index in [9.17, 15) is 9.90 Å². The van der Waals surface area contributed by atoms with E-state index >= 15 is 0 Å². The number of carbonyl (C=O) groups is 1. The lowest BCUT2D eigenvalue weighted by atomic mass is 9.99. The predicted octanol–water partition coefficient (Wildman–Crippen LogP) is 3.51. The van der Waals surface area contributed by atoms with Crippen LogP contribution < -0.4 is 16.4 Å². The smallest absolute Gasteiger partial charge is 0.323 e. The number of nitrogens with two attached hydrogens (primary N) is 1. The quantitative estimate of drug-likeness (QED) is 0.653. The first-order valence-electron chi connectivity index (χ1n) is 9.93. The van der Waals surface area contributed by atoms with Crippen LogP contribution in [0.5, 0.6) is 0 Å². The molecular weight excluding hydrogens is 352 g/mol. The highest BCUT2D eigenvalue weighted by Gasteiger charge is 2.25. The van der Waals surface area contributed by atoms with E-state index in [2.05, 4.69) is 27.4 Å². The van der Waals surface area contributed by atoms with Crippen LogP contribution in [-0.4, -0.2) is 23.2 Å². The summed E-state index contributed by atoms with van der Waals surface area (Å²) < 4.78 is 0. The van der Waals surface area contributed by atoms with E-state index in [-0.39, 0.29) is 6.03 Å². The fourth-order valence-corrected chi connectivity index (χ4v) is 4.07. The molecule has 0 unspecified atom stereocenters. The molecule has 0 aliphatic heterocycles. The number of aliphatic hydroxyl groups is 1. The van der Waals surface area contributed by atoms with Crippen molar-refractivity contribution in [2.75, 3.05) is 17.7 Å². The molecule has 2 aliphatic rings. The van der Waals surface area contributed by atoms with E-state index in [0.717, 1.165) is 44.2 Å². The predicted molar refractivity (Wildman–Crippen MR) is 113 cm³/mol. The Morgan fingerprint density at radius 3 is 2.14 bits per heavy atom. The minimum Gasteiger partial charge on any atom is -0.384 e. The molecule has 0 fully saturated rings. The first kappa shape index (κ1) is 20.3. The van der Waals surface area contributed by atoms with Gasteiger partial charge in [-0.15, -0.1) is 0 Å². The number of rotatable bonds is 3. The lowest BCUT2D eigenvalue weighted by Gasteiger charge is -2.18. The van der Waals surface area contributed by atoms with Crippen LogP contribution in [0.15, 0.2) is 24.4 Å². The molecule has 0 radical (unpaired) electrons. The molecular formula is C22H30N4O2. The Hall–Kier alpha value is -2.44. The molecule has 6 nitrogen and oxygen atoms in total. The maximum absolute atomic E-state index is 12.6. The maximum Gasteiger partial charge on any atom is 0.323 e. The van der Waals surface area contributed by atoms with Gasteiger partial charge in [-0.3, -0.25) is 4.98 Å². The molecule has 2 aliphatic carbocycles. The Balaban J connectivity index is 0.00000109.